The molecule has 0 aliphatic heterocycles. The van der Waals surface area contributed by atoms with Crippen molar-refractivity contribution in [2.24, 2.45) is 7.05 Å². The van der Waals surface area contributed by atoms with Gasteiger partial charge in [-0.3, -0.25) is 4.79 Å². The fraction of sp³-hybridized carbons (Fsp3) is 0.100. The summed E-state index contributed by atoms with van der Waals surface area (Å²) in [5, 5.41) is 4.82. The number of carbonyl (C=O) groups excluding carboxylic acids is 1. The molecule has 1 N–H and O–H groups in total. The largest absolute Gasteiger partial charge is 0.481 e. The van der Waals surface area contributed by atoms with E-state index in [-0.39, 0.29) is 5.91 Å². The van der Waals surface area contributed by atoms with E-state index in [4.69, 9.17) is 4.74 Å². The molecule has 0 fully saturated rings. The Morgan fingerprint density at radius 2 is 1.92 bits per heavy atom. The number of anilines is 1. The van der Waals surface area contributed by atoms with Crippen LogP contribution in [-0.4, -0.2) is 22.6 Å². The van der Waals surface area contributed by atoms with Gasteiger partial charge in [-0.25, -0.2) is 4.98 Å². The van der Waals surface area contributed by atoms with Crippen LogP contribution in [0.25, 0.3) is 21.8 Å². The van der Waals surface area contributed by atoms with Crippen molar-refractivity contribution in [2.45, 2.75) is 0 Å². The summed E-state index contributed by atoms with van der Waals surface area (Å²) in [6.07, 6.45) is 1.98. The van der Waals surface area contributed by atoms with Gasteiger partial charge in [0.2, 0.25) is 5.88 Å². The number of ether oxygens (including phenoxy) is 1. The molecular weight excluding hydrogens is 314 g/mol. The second-order valence-electron chi connectivity index (χ2n) is 5.85. The maximum atomic E-state index is 12.9. The number of amides is 1. The minimum absolute atomic E-state index is 0.187. The van der Waals surface area contributed by atoms with Gasteiger partial charge in [0.15, 0.2) is 0 Å². The number of rotatable bonds is 3. The monoisotopic (exact) mass is 331 g/mol. The third-order valence-corrected chi connectivity index (χ3v) is 4.32. The van der Waals surface area contributed by atoms with Crippen molar-refractivity contribution in [2.75, 3.05) is 12.4 Å². The molecule has 25 heavy (non-hydrogen) atoms. The van der Waals surface area contributed by atoms with Crippen molar-refractivity contribution in [3.8, 4) is 5.88 Å². The normalized spacial score (nSPS) is 11.0. The highest BCUT2D eigenvalue weighted by Crippen LogP contribution is 2.26. The molecule has 0 saturated heterocycles. The number of aryl methyl sites for hydroxylation is 1. The van der Waals surface area contributed by atoms with Gasteiger partial charge in [0.25, 0.3) is 5.91 Å². The first-order valence-corrected chi connectivity index (χ1v) is 7.96. The molecule has 0 saturated carbocycles. The molecule has 0 aliphatic rings. The van der Waals surface area contributed by atoms with Crippen molar-refractivity contribution in [3.63, 3.8) is 0 Å². The number of hydrogen-bond acceptors (Lipinski definition) is 3. The topological polar surface area (TPSA) is 56.1 Å². The van der Waals surface area contributed by atoms with E-state index in [0.29, 0.717) is 11.4 Å². The van der Waals surface area contributed by atoms with Crippen molar-refractivity contribution >= 4 is 33.4 Å². The highest BCUT2D eigenvalue weighted by molar-refractivity contribution is 6.14. The molecule has 0 radical (unpaired) electrons. The number of methoxy groups -OCH3 is 1. The van der Waals surface area contributed by atoms with Crippen LogP contribution in [0.1, 0.15) is 10.4 Å². The Labute approximate surface area is 144 Å². The summed E-state index contributed by atoms with van der Waals surface area (Å²) < 4.78 is 7.27. The first-order chi connectivity index (χ1) is 12.2. The standard InChI is InChI=1S/C20H17N3O2/c1-23-11-10-14-17(8-5-9-18(14)23)22-20(24)15-12-19(25-2)21-16-7-4-3-6-13(15)16/h3-12H,1-2H3,(H,22,24). The SMILES string of the molecule is COc1cc(C(=O)Nc2cccc3c2ccn3C)c2ccccc2n1. The van der Waals surface area contributed by atoms with Gasteiger partial charge in [-0.15, -0.1) is 0 Å². The number of nitrogens with zero attached hydrogens (tertiary/aromatic N) is 2. The summed E-state index contributed by atoms with van der Waals surface area (Å²) in [7, 11) is 3.53. The fourth-order valence-electron chi connectivity index (χ4n) is 3.04. The summed E-state index contributed by atoms with van der Waals surface area (Å²) in [4.78, 5) is 17.3. The number of hydrogen-bond donors (Lipinski definition) is 1. The van der Waals surface area contributed by atoms with Crippen molar-refractivity contribution < 1.29 is 9.53 Å². The quantitative estimate of drug-likeness (QED) is 0.617. The van der Waals surface area contributed by atoms with Crippen LogP contribution in [0.3, 0.4) is 0 Å². The van der Waals surface area contributed by atoms with Crippen LogP contribution in [0.5, 0.6) is 5.88 Å². The van der Waals surface area contributed by atoms with Crippen LogP contribution >= 0.6 is 0 Å². The lowest BCUT2D eigenvalue weighted by molar-refractivity contribution is 0.102. The summed E-state index contributed by atoms with van der Waals surface area (Å²) >= 11 is 0. The molecule has 2 aromatic heterocycles. The van der Waals surface area contributed by atoms with Crippen molar-refractivity contribution in [1.29, 1.82) is 0 Å². The molecule has 5 heteroatoms. The summed E-state index contributed by atoms with van der Waals surface area (Å²) in [5.41, 5.74) is 3.11. The zero-order chi connectivity index (χ0) is 17.4. The van der Waals surface area contributed by atoms with Gasteiger partial charge in [0.05, 0.1) is 23.9 Å². The third-order valence-electron chi connectivity index (χ3n) is 4.32. The minimum Gasteiger partial charge on any atom is -0.481 e. The molecule has 0 aliphatic carbocycles. The van der Waals surface area contributed by atoms with Gasteiger partial charge in [0.1, 0.15) is 0 Å². The Kier molecular flexibility index (Phi) is 3.61. The average Bonchev–Trinajstić information content (AvgIpc) is 3.03. The van der Waals surface area contributed by atoms with Crippen LogP contribution in [0.2, 0.25) is 0 Å². The average molecular weight is 331 g/mol. The third kappa shape index (κ3) is 2.59. The molecule has 4 rings (SSSR count). The zero-order valence-corrected chi connectivity index (χ0v) is 14.0. The van der Waals surface area contributed by atoms with E-state index in [2.05, 4.69) is 10.3 Å². The summed E-state index contributed by atoms with van der Waals surface area (Å²) in [6, 6.07) is 17.1. The number of nitrogens with one attached hydrogen (secondary N) is 1. The van der Waals surface area contributed by atoms with E-state index in [1.165, 1.54) is 0 Å². The highest BCUT2D eigenvalue weighted by atomic mass is 16.5. The first kappa shape index (κ1) is 15.2. The molecule has 2 aromatic carbocycles. The molecule has 2 heterocycles. The fourth-order valence-corrected chi connectivity index (χ4v) is 3.04. The highest BCUT2D eigenvalue weighted by Gasteiger charge is 2.15. The maximum absolute atomic E-state index is 12.9. The van der Waals surface area contributed by atoms with Gasteiger partial charge in [0, 0.05) is 35.6 Å². The van der Waals surface area contributed by atoms with Gasteiger partial charge < -0.3 is 14.6 Å². The van der Waals surface area contributed by atoms with Gasteiger partial charge in [-0.2, -0.15) is 0 Å². The van der Waals surface area contributed by atoms with Crippen LogP contribution in [0.4, 0.5) is 5.69 Å². The number of pyridine rings is 1. The number of aromatic nitrogens is 2. The molecule has 0 spiro atoms. The smallest absolute Gasteiger partial charge is 0.256 e. The molecule has 4 aromatic rings. The number of fused-ring (bicyclic) bond motifs is 2. The number of para-hydroxylation sites is 1. The lowest BCUT2D eigenvalue weighted by Crippen LogP contribution is -2.13. The maximum Gasteiger partial charge on any atom is 0.256 e. The first-order valence-electron chi connectivity index (χ1n) is 7.96. The van der Waals surface area contributed by atoms with E-state index in [1.54, 1.807) is 13.2 Å². The van der Waals surface area contributed by atoms with Crippen LogP contribution < -0.4 is 10.1 Å². The Bertz CT molecular complexity index is 1100. The molecule has 0 atom stereocenters. The Balaban J connectivity index is 1.79. The van der Waals surface area contributed by atoms with E-state index >= 15 is 0 Å². The predicted octanol–water partition coefficient (Wildman–Crippen LogP) is 3.99. The summed E-state index contributed by atoms with van der Waals surface area (Å²) in [6.45, 7) is 0. The van der Waals surface area contributed by atoms with E-state index in [1.807, 2.05) is 66.3 Å². The van der Waals surface area contributed by atoms with Crippen molar-refractivity contribution in [3.05, 3.63) is 66.4 Å². The molecule has 0 bridgehead atoms. The lowest BCUT2D eigenvalue weighted by atomic mass is 10.1. The predicted molar refractivity (Wildman–Crippen MR) is 99.2 cm³/mol. The number of carbonyl (C=O) groups is 1. The second kappa shape index (κ2) is 5.94. The second-order valence-corrected chi connectivity index (χ2v) is 5.85. The van der Waals surface area contributed by atoms with Crippen LogP contribution in [0, 0.1) is 0 Å². The minimum atomic E-state index is -0.187. The lowest BCUT2D eigenvalue weighted by Gasteiger charge is -2.11. The van der Waals surface area contributed by atoms with E-state index in [0.717, 1.165) is 27.5 Å². The zero-order valence-electron chi connectivity index (χ0n) is 14.0. The molecular formula is C20H17N3O2. The van der Waals surface area contributed by atoms with Crippen LogP contribution in [0.15, 0.2) is 60.8 Å². The van der Waals surface area contributed by atoms with Gasteiger partial charge >= 0.3 is 0 Å². The van der Waals surface area contributed by atoms with Crippen LogP contribution in [-0.2, 0) is 7.05 Å². The number of benzene rings is 2. The Morgan fingerprint density at radius 1 is 1.08 bits per heavy atom. The molecule has 124 valence electrons. The van der Waals surface area contributed by atoms with Gasteiger partial charge in [-0.1, -0.05) is 24.3 Å². The summed E-state index contributed by atoms with van der Waals surface area (Å²) in [5.74, 6) is 0.232. The van der Waals surface area contributed by atoms with E-state index < -0.39 is 0 Å². The Hall–Kier alpha value is -3.34. The molecule has 0 unspecified atom stereocenters. The molecule has 1 amide bonds. The van der Waals surface area contributed by atoms with Crippen molar-refractivity contribution in [1.82, 2.24) is 9.55 Å². The Morgan fingerprint density at radius 3 is 2.76 bits per heavy atom. The van der Waals surface area contributed by atoms with Gasteiger partial charge in [-0.05, 0) is 24.3 Å². The van der Waals surface area contributed by atoms with E-state index in [9.17, 15) is 4.79 Å². The molecule has 5 nitrogen and oxygen atoms in total.